The third-order valence-electron chi connectivity index (χ3n) is 0. The molecule has 0 N–H and O–H groups in total. The smallest absolute Gasteiger partial charge is 0 e. The molecule has 4 heteroatoms. The third kappa shape index (κ3) is 9.16. The van der Waals surface area contributed by atoms with Crippen molar-refractivity contribution in [2.45, 2.75) is 0 Å². The summed E-state index contributed by atoms with van der Waals surface area (Å²) >= 11 is 0. The minimum atomic E-state index is 0. The second-order valence-corrected chi connectivity index (χ2v) is 0. The first-order valence-electron chi connectivity index (χ1n) is 0. The van der Waals surface area contributed by atoms with Crippen LogP contribution in [-0.4, -0.2) is 45.5 Å². The van der Waals surface area contributed by atoms with E-state index in [-0.39, 0.29) is 113 Å². The van der Waals surface area contributed by atoms with E-state index in [1.807, 2.05) is 0 Å². The van der Waals surface area contributed by atoms with E-state index in [1.54, 1.807) is 0 Å². The van der Waals surface area contributed by atoms with Crippen molar-refractivity contribution in [3.05, 3.63) is 0 Å². The molecule has 0 saturated heterocycles. The Morgan fingerprint density at radius 1 is 1.00 bits per heavy atom. The summed E-state index contributed by atoms with van der Waals surface area (Å²) in [5, 5.41) is 0. The summed E-state index contributed by atoms with van der Waals surface area (Å²) in [6, 6.07) is 0. The van der Waals surface area contributed by atoms with Crippen molar-refractivity contribution in [3.63, 3.8) is 0 Å². The maximum atomic E-state index is 0. The summed E-state index contributed by atoms with van der Waals surface area (Å²) in [4.78, 5) is 0. The molecule has 0 aromatic heterocycles. The van der Waals surface area contributed by atoms with Crippen LogP contribution >= 0.6 is 0 Å². The Bertz CT molecular complexity index is 8.00. The SMILES string of the molecule is [Cr].[Fe].[SrH2].[Y]. The van der Waals surface area contributed by atoms with Crippen LogP contribution in [0, 0.1) is 0 Å². The molecule has 0 bridgehead atoms. The van der Waals surface area contributed by atoms with Gasteiger partial charge < -0.3 is 0 Å². The van der Waals surface area contributed by atoms with Gasteiger partial charge in [-0.25, -0.2) is 0 Å². The Labute approximate surface area is 110 Å². The zero-order valence-electron chi connectivity index (χ0n) is 1.34. The van der Waals surface area contributed by atoms with Crippen LogP contribution in [0.1, 0.15) is 0 Å². The molecular formula is H2CrFeSrY. The molecule has 0 aliphatic heterocycles. The third-order valence-corrected chi connectivity index (χ3v) is 0. The van der Waals surface area contributed by atoms with E-state index in [2.05, 4.69) is 0 Å². The van der Waals surface area contributed by atoms with Gasteiger partial charge in [0.25, 0.3) is 0 Å². The molecule has 0 spiro atoms. The van der Waals surface area contributed by atoms with Crippen LogP contribution in [0.3, 0.4) is 0 Å². The number of hydrogen-bond acceptors (Lipinski definition) is 0. The van der Waals surface area contributed by atoms with Gasteiger partial charge in [0.2, 0.25) is 0 Å². The van der Waals surface area contributed by atoms with Crippen LogP contribution in [-0.2, 0) is 67.1 Å². The van der Waals surface area contributed by atoms with Crippen molar-refractivity contribution in [2.75, 3.05) is 0 Å². The molecule has 0 amide bonds. The molecule has 21 valence electrons. The summed E-state index contributed by atoms with van der Waals surface area (Å²) in [5.41, 5.74) is 0. The standard InChI is InChI=1S/Cr.Fe.Sr.Y.2H. The van der Waals surface area contributed by atoms with Crippen LogP contribution in [0.5, 0.6) is 0 Å². The van der Waals surface area contributed by atoms with E-state index in [0.29, 0.717) is 0 Å². The van der Waals surface area contributed by atoms with Crippen LogP contribution in [0.2, 0.25) is 0 Å². The molecule has 0 aromatic carbocycles. The largest absolute Gasteiger partial charge is 0 e. The van der Waals surface area contributed by atoms with Gasteiger partial charge in [-0.1, -0.05) is 0 Å². The maximum Gasteiger partial charge on any atom is 0 e. The summed E-state index contributed by atoms with van der Waals surface area (Å²) in [6.45, 7) is 0. The minimum Gasteiger partial charge on any atom is 0 e. The Balaban J connectivity index is 0. The number of hydrogen-bond donors (Lipinski definition) is 0. The topological polar surface area (TPSA) is 0 Å². The quantitative estimate of drug-likeness (QED) is 0.505. The molecule has 0 unspecified atom stereocenters. The molecule has 0 atom stereocenters. The summed E-state index contributed by atoms with van der Waals surface area (Å²) in [5.74, 6) is 0. The van der Waals surface area contributed by atoms with Crippen molar-refractivity contribution >= 4 is 45.5 Å². The van der Waals surface area contributed by atoms with Crippen molar-refractivity contribution in [2.24, 2.45) is 0 Å². The van der Waals surface area contributed by atoms with E-state index in [0.717, 1.165) is 0 Å². The van der Waals surface area contributed by atoms with Crippen molar-refractivity contribution in [3.8, 4) is 0 Å². The minimum absolute atomic E-state index is 0. The maximum absolute atomic E-state index is 0. The van der Waals surface area contributed by atoms with Crippen LogP contribution in [0.15, 0.2) is 0 Å². The van der Waals surface area contributed by atoms with Gasteiger partial charge in [0, 0.05) is 67.1 Å². The van der Waals surface area contributed by atoms with E-state index in [4.69, 9.17) is 0 Å². The Morgan fingerprint density at radius 3 is 1.00 bits per heavy atom. The fraction of sp³-hybridized carbons (Fsp3) is 0. The van der Waals surface area contributed by atoms with Crippen molar-refractivity contribution in [1.82, 2.24) is 0 Å². The van der Waals surface area contributed by atoms with Gasteiger partial charge in [-0.05, 0) is 0 Å². The van der Waals surface area contributed by atoms with Gasteiger partial charge in [-0.15, -0.1) is 0 Å². The Hall–Kier alpha value is 3.64. The van der Waals surface area contributed by atoms with Gasteiger partial charge in [-0.2, -0.15) is 0 Å². The van der Waals surface area contributed by atoms with Gasteiger partial charge in [-0.3, -0.25) is 0 Å². The van der Waals surface area contributed by atoms with Gasteiger partial charge >= 0.3 is 45.5 Å². The Kier molecular flexibility index (Phi) is 101. The first kappa shape index (κ1) is 25.4. The van der Waals surface area contributed by atoms with Gasteiger partial charge in [0.05, 0.1) is 0 Å². The molecule has 0 fully saturated rings. The van der Waals surface area contributed by atoms with E-state index < -0.39 is 0 Å². The van der Waals surface area contributed by atoms with Gasteiger partial charge in [0.1, 0.15) is 0 Å². The molecule has 0 heterocycles. The van der Waals surface area contributed by atoms with E-state index in [9.17, 15) is 0 Å². The average Bonchev–Trinajstić information content (AvgIpc) is 0. The number of rotatable bonds is 0. The molecule has 4 heavy (non-hydrogen) atoms. The molecular weight excluding hydrogens is 284 g/mol. The molecule has 0 aliphatic rings. The second kappa shape index (κ2) is 15.9. The van der Waals surface area contributed by atoms with Crippen molar-refractivity contribution in [1.29, 1.82) is 0 Å². The first-order chi connectivity index (χ1) is 0. The normalized spacial score (nSPS) is 0. The second-order valence-electron chi connectivity index (χ2n) is 0. The van der Waals surface area contributed by atoms with Crippen LogP contribution < -0.4 is 0 Å². The zero-order valence-corrected chi connectivity index (χ0v) is 6.56. The molecule has 0 rings (SSSR count). The molecule has 0 saturated carbocycles. The average molecular weight is 286 g/mol. The van der Waals surface area contributed by atoms with Crippen LogP contribution in [0.4, 0.5) is 0 Å². The van der Waals surface area contributed by atoms with E-state index >= 15 is 0 Å². The molecule has 0 nitrogen and oxygen atoms in total. The van der Waals surface area contributed by atoms with Gasteiger partial charge in [0.15, 0.2) is 0 Å². The summed E-state index contributed by atoms with van der Waals surface area (Å²) < 4.78 is 0. The zero-order chi connectivity index (χ0) is 0. The molecule has 0 aliphatic carbocycles. The van der Waals surface area contributed by atoms with E-state index in [1.165, 1.54) is 0 Å². The van der Waals surface area contributed by atoms with Crippen LogP contribution in [0.25, 0.3) is 0 Å². The summed E-state index contributed by atoms with van der Waals surface area (Å²) in [7, 11) is 0. The fourth-order valence-electron chi connectivity index (χ4n) is 0. The first-order valence-corrected chi connectivity index (χ1v) is 0. The van der Waals surface area contributed by atoms with Crippen molar-refractivity contribution < 1.29 is 67.1 Å². The molecule has 0 aromatic rings. The fourth-order valence-corrected chi connectivity index (χ4v) is 0. The Morgan fingerprint density at radius 2 is 1.00 bits per heavy atom. The predicted molar refractivity (Wildman–Crippen MR) is 8.54 cm³/mol. The molecule has 1 radical (unpaired) electrons. The predicted octanol–water partition coefficient (Wildman–Crippen LogP) is -0.924. The summed E-state index contributed by atoms with van der Waals surface area (Å²) in [6.07, 6.45) is 0. The monoisotopic (exact) mass is 287 g/mol.